The van der Waals surface area contributed by atoms with Gasteiger partial charge < -0.3 is 4.90 Å². The van der Waals surface area contributed by atoms with E-state index in [0.717, 1.165) is 23.7 Å². The molecule has 5 aliphatic carbocycles. The Labute approximate surface area is 129 Å². The van der Waals surface area contributed by atoms with E-state index < -0.39 is 0 Å². The van der Waals surface area contributed by atoms with Gasteiger partial charge in [0.25, 0.3) is 0 Å². The van der Waals surface area contributed by atoms with E-state index in [1.165, 1.54) is 70.6 Å². The minimum atomic E-state index is 0.394. The molecule has 0 saturated heterocycles. The third kappa shape index (κ3) is 2.53. The molecule has 5 fully saturated rings. The van der Waals surface area contributed by atoms with Crippen LogP contribution >= 0.6 is 0 Å². The zero-order valence-electron chi connectivity index (χ0n) is 13.6. The van der Waals surface area contributed by atoms with Crippen LogP contribution in [0.4, 0.5) is 0 Å². The van der Waals surface area contributed by atoms with Crippen molar-refractivity contribution in [3.05, 3.63) is 0 Å². The molecule has 1 amide bonds. The Balaban J connectivity index is 1.46. The van der Waals surface area contributed by atoms with Gasteiger partial charge in [-0.25, -0.2) is 0 Å². The van der Waals surface area contributed by atoms with Gasteiger partial charge in [-0.05, 0) is 68.6 Å². The molecule has 5 saturated carbocycles. The van der Waals surface area contributed by atoms with Crippen LogP contribution in [0.3, 0.4) is 0 Å². The van der Waals surface area contributed by atoms with Gasteiger partial charge in [-0.2, -0.15) is 0 Å². The van der Waals surface area contributed by atoms with E-state index in [-0.39, 0.29) is 0 Å². The number of nitrogens with zero attached hydrogens (tertiary/aromatic N) is 1. The standard InChI is InChI=1S/C19H31NO/c1-20(17-6-4-2-3-5-7-17)19(21)18-15-9-13-8-14(11-15)12-16(18)10-13/h13-18H,2-12H2,1H3. The minimum Gasteiger partial charge on any atom is -0.343 e. The van der Waals surface area contributed by atoms with E-state index in [9.17, 15) is 4.79 Å². The molecular weight excluding hydrogens is 258 g/mol. The van der Waals surface area contributed by atoms with Crippen LogP contribution in [0.1, 0.15) is 70.6 Å². The number of amides is 1. The van der Waals surface area contributed by atoms with Gasteiger partial charge in [0.1, 0.15) is 0 Å². The van der Waals surface area contributed by atoms with Crippen molar-refractivity contribution in [2.75, 3.05) is 7.05 Å². The van der Waals surface area contributed by atoms with Crippen molar-refractivity contribution < 1.29 is 4.79 Å². The lowest BCUT2D eigenvalue weighted by Crippen LogP contribution is -2.52. The molecule has 0 heterocycles. The van der Waals surface area contributed by atoms with E-state index in [0.29, 0.717) is 17.9 Å². The first-order chi connectivity index (χ1) is 10.2. The van der Waals surface area contributed by atoms with Crippen molar-refractivity contribution in [2.45, 2.75) is 76.7 Å². The average Bonchev–Trinajstić information content (AvgIpc) is 2.74. The van der Waals surface area contributed by atoms with Crippen LogP contribution in [-0.4, -0.2) is 23.9 Å². The lowest BCUT2D eigenvalue weighted by molar-refractivity contribution is -0.150. The zero-order valence-corrected chi connectivity index (χ0v) is 13.6. The SMILES string of the molecule is CN(C(=O)C1C2CC3CC(C2)CC1C3)C1CCCCCC1. The maximum absolute atomic E-state index is 13.2. The highest BCUT2D eigenvalue weighted by Gasteiger charge is 2.51. The fraction of sp³-hybridized carbons (Fsp3) is 0.947. The molecule has 2 nitrogen and oxygen atoms in total. The highest BCUT2D eigenvalue weighted by molar-refractivity contribution is 5.80. The highest BCUT2D eigenvalue weighted by atomic mass is 16.2. The Hall–Kier alpha value is -0.530. The lowest BCUT2D eigenvalue weighted by atomic mass is 9.51. The van der Waals surface area contributed by atoms with Crippen LogP contribution in [-0.2, 0) is 4.79 Å². The summed E-state index contributed by atoms with van der Waals surface area (Å²) in [4.78, 5) is 15.4. The Morgan fingerprint density at radius 3 is 1.86 bits per heavy atom. The summed E-state index contributed by atoms with van der Waals surface area (Å²) >= 11 is 0. The fourth-order valence-electron chi connectivity index (χ4n) is 6.39. The van der Waals surface area contributed by atoms with E-state index >= 15 is 0 Å². The normalized spacial score (nSPS) is 42.8. The monoisotopic (exact) mass is 289 g/mol. The second kappa shape index (κ2) is 5.59. The number of hydrogen-bond acceptors (Lipinski definition) is 1. The Kier molecular flexibility index (Phi) is 3.75. The van der Waals surface area contributed by atoms with Gasteiger partial charge in [0.15, 0.2) is 0 Å². The molecule has 0 unspecified atom stereocenters. The summed E-state index contributed by atoms with van der Waals surface area (Å²) in [6.07, 6.45) is 14.8. The number of hydrogen-bond donors (Lipinski definition) is 0. The molecule has 0 aromatic rings. The van der Waals surface area contributed by atoms with Gasteiger partial charge in [-0.1, -0.05) is 25.7 Å². The lowest BCUT2D eigenvalue weighted by Gasteiger charge is -2.54. The zero-order chi connectivity index (χ0) is 14.4. The van der Waals surface area contributed by atoms with Crippen molar-refractivity contribution >= 4 is 5.91 Å². The molecule has 0 aliphatic heterocycles. The molecule has 21 heavy (non-hydrogen) atoms. The molecule has 4 bridgehead atoms. The smallest absolute Gasteiger partial charge is 0.226 e. The van der Waals surface area contributed by atoms with E-state index in [2.05, 4.69) is 11.9 Å². The fourth-order valence-corrected chi connectivity index (χ4v) is 6.39. The predicted octanol–water partition coefficient (Wildman–Crippen LogP) is 4.24. The molecular formula is C19H31NO. The van der Waals surface area contributed by atoms with E-state index in [4.69, 9.17) is 0 Å². The van der Waals surface area contributed by atoms with Crippen molar-refractivity contribution in [2.24, 2.45) is 29.6 Å². The van der Waals surface area contributed by atoms with Crippen molar-refractivity contribution in [1.82, 2.24) is 4.90 Å². The maximum atomic E-state index is 13.2. The summed E-state index contributed by atoms with van der Waals surface area (Å²) in [7, 11) is 2.11. The second-order valence-electron chi connectivity index (χ2n) is 8.55. The molecule has 0 atom stereocenters. The molecule has 5 aliphatic rings. The van der Waals surface area contributed by atoms with Gasteiger partial charge in [-0.15, -0.1) is 0 Å². The van der Waals surface area contributed by atoms with E-state index in [1.807, 2.05) is 0 Å². The van der Waals surface area contributed by atoms with Gasteiger partial charge in [-0.3, -0.25) is 4.79 Å². The third-order valence-corrected chi connectivity index (χ3v) is 7.23. The number of carbonyl (C=O) groups is 1. The van der Waals surface area contributed by atoms with Gasteiger partial charge in [0.2, 0.25) is 5.91 Å². The molecule has 0 spiro atoms. The van der Waals surface area contributed by atoms with Gasteiger partial charge in [0, 0.05) is 19.0 Å². The van der Waals surface area contributed by atoms with Crippen LogP contribution in [0.2, 0.25) is 0 Å². The number of carbonyl (C=O) groups excluding carboxylic acids is 1. The quantitative estimate of drug-likeness (QED) is 0.696. The Morgan fingerprint density at radius 2 is 1.33 bits per heavy atom. The van der Waals surface area contributed by atoms with Crippen LogP contribution < -0.4 is 0 Å². The molecule has 5 rings (SSSR count). The number of rotatable bonds is 2. The first-order valence-corrected chi connectivity index (χ1v) is 9.49. The van der Waals surface area contributed by atoms with Crippen molar-refractivity contribution in [3.63, 3.8) is 0 Å². The summed E-state index contributed by atoms with van der Waals surface area (Å²) < 4.78 is 0. The topological polar surface area (TPSA) is 20.3 Å². The summed E-state index contributed by atoms with van der Waals surface area (Å²) in [5.74, 6) is 4.34. The average molecular weight is 289 g/mol. The Bertz CT molecular complexity index is 368. The Morgan fingerprint density at radius 1 is 0.810 bits per heavy atom. The van der Waals surface area contributed by atoms with Crippen LogP contribution in [0.15, 0.2) is 0 Å². The molecule has 0 aromatic heterocycles. The van der Waals surface area contributed by atoms with Crippen molar-refractivity contribution in [1.29, 1.82) is 0 Å². The van der Waals surface area contributed by atoms with Crippen LogP contribution in [0.25, 0.3) is 0 Å². The molecule has 0 radical (unpaired) electrons. The van der Waals surface area contributed by atoms with Crippen molar-refractivity contribution in [3.8, 4) is 0 Å². The second-order valence-corrected chi connectivity index (χ2v) is 8.55. The maximum Gasteiger partial charge on any atom is 0.226 e. The van der Waals surface area contributed by atoms with E-state index in [1.54, 1.807) is 0 Å². The predicted molar refractivity (Wildman–Crippen MR) is 84.8 cm³/mol. The van der Waals surface area contributed by atoms with Crippen LogP contribution in [0, 0.1) is 29.6 Å². The first-order valence-electron chi connectivity index (χ1n) is 9.49. The molecule has 0 N–H and O–H groups in total. The largest absolute Gasteiger partial charge is 0.343 e. The molecule has 0 aromatic carbocycles. The molecule has 118 valence electrons. The van der Waals surface area contributed by atoms with Crippen LogP contribution in [0.5, 0.6) is 0 Å². The highest BCUT2D eigenvalue weighted by Crippen LogP contribution is 2.56. The third-order valence-electron chi connectivity index (χ3n) is 7.23. The summed E-state index contributed by atoms with van der Waals surface area (Å²) in [5.41, 5.74) is 0. The first kappa shape index (κ1) is 14.1. The minimum absolute atomic E-state index is 0.394. The summed E-state index contributed by atoms with van der Waals surface area (Å²) in [6, 6.07) is 0.539. The van der Waals surface area contributed by atoms with Gasteiger partial charge >= 0.3 is 0 Å². The summed E-state index contributed by atoms with van der Waals surface area (Å²) in [5, 5.41) is 0. The molecule has 2 heteroatoms. The van der Waals surface area contributed by atoms with Gasteiger partial charge in [0.05, 0.1) is 0 Å². The summed E-state index contributed by atoms with van der Waals surface area (Å²) in [6.45, 7) is 0.